The summed E-state index contributed by atoms with van der Waals surface area (Å²) in [5.41, 5.74) is 4.07. The Morgan fingerprint density at radius 3 is 1.87 bits per heavy atom. The fourth-order valence-electron chi connectivity index (χ4n) is 4.07. The molecule has 0 aliphatic rings. The molecular formula is C25H22N4O. The molecule has 0 radical (unpaired) electrons. The first-order chi connectivity index (χ1) is 14.7. The largest absolute Gasteiger partial charge is 0.325 e. The van der Waals surface area contributed by atoms with Crippen molar-refractivity contribution >= 4 is 55.3 Å². The summed E-state index contributed by atoms with van der Waals surface area (Å²) < 4.78 is 0. The summed E-state index contributed by atoms with van der Waals surface area (Å²) in [5.74, 6) is 0. The second-order valence-electron chi connectivity index (χ2n) is 7.32. The van der Waals surface area contributed by atoms with Crippen LogP contribution in [0, 0.1) is 0 Å². The van der Waals surface area contributed by atoms with Crippen LogP contribution in [0.3, 0.4) is 0 Å². The standard InChI is InChI=1S/C25H22N4O/c1-3-29(4-2)25(30)26-16-13-14-21-22(15-16)28-24-20-12-8-6-10-18(20)17-9-5-7-11-19(17)23(24)27-21/h5-15H,3-4H2,1-2H3,(H,26,30). The van der Waals surface area contributed by atoms with Crippen LogP contribution >= 0.6 is 0 Å². The van der Waals surface area contributed by atoms with Crippen molar-refractivity contribution in [3.05, 3.63) is 66.7 Å². The molecule has 4 aromatic carbocycles. The van der Waals surface area contributed by atoms with E-state index in [-0.39, 0.29) is 6.03 Å². The number of carbonyl (C=O) groups is 1. The normalized spacial score (nSPS) is 11.4. The SMILES string of the molecule is CCN(CC)C(=O)Nc1ccc2nc3c4ccccc4c4ccccc4c3nc2c1. The first-order valence-corrected chi connectivity index (χ1v) is 10.3. The molecule has 5 nitrogen and oxygen atoms in total. The second kappa shape index (κ2) is 7.26. The maximum absolute atomic E-state index is 12.4. The number of urea groups is 1. The van der Waals surface area contributed by atoms with Crippen LogP contribution in [0.25, 0.3) is 43.6 Å². The third kappa shape index (κ3) is 2.90. The molecule has 0 saturated carbocycles. The van der Waals surface area contributed by atoms with E-state index in [1.54, 1.807) is 4.90 Å². The lowest BCUT2D eigenvalue weighted by molar-refractivity contribution is 0.217. The van der Waals surface area contributed by atoms with E-state index in [0.717, 1.165) is 38.5 Å². The Morgan fingerprint density at radius 1 is 0.767 bits per heavy atom. The summed E-state index contributed by atoms with van der Waals surface area (Å²) in [6.45, 7) is 5.27. The summed E-state index contributed by atoms with van der Waals surface area (Å²) in [6.07, 6.45) is 0. The highest BCUT2D eigenvalue weighted by molar-refractivity contribution is 6.23. The fraction of sp³-hybridized carbons (Fsp3) is 0.160. The Hall–Kier alpha value is -3.73. The third-order valence-corrected chi connectivity index (χ3v) is 5.62. The second-order valence-corrected chi connectivity index (χ2v) is 7.32. The quantitative estimate of drug-likeness (QED) is 0.303. The van der Waals surface area contributed by atoms with E-state index in [1.165, 1.54) is 10.8 Å². The van der Waals surface area contributed by atoms with Crippen molar-refractivity contribution in [2.24, 2.45) is 0 Å². The van der Waals surface area contributed by atoms with Crippen LogP contribution in [0.2, 0.25) is 0 Å². The molecule has 0 saturated heterocycles. The summed E-state index contributed by atoms with van der Waals surface area (Å²) in [6, 6.07) is 22.2. The zero-order valence-electron chi connectivity index (χ0n) is 17.0. The molecule has 1 aromatic heterocycles. The first-order valence-electron chi connectivity index (χ1n) is 10.3. The summed E-state index contributed by atoms with van der Waals surface area (Å²) >= 11 is 0. The topological polar surface area (TPSA) is 58.1 Å². The van der Waals surface area contributed by atoms with Crippen molar-refractivity contribution in [1.29, 1.82) is 0 Å². The maximum atomic E-state index is 12.4. The number of nitrogens with one attached hydrogen (secondary N) is 1. The van der Waals surface area contributed by atoms with Crippen molar-refractivity contribution in [2.75, 3.05) is 18.4 Å². The number of anilines is 1. The van der Waals surface area contributed by atoms with Gasteiger partial charge in [-0.2, -0.15) is 0 Å². The van der Waals surface area contributed by atoms with Crippen molar-refractivity contribution in [1.82, 2.24) is 14.9 Å². The van der Waals surface area contributed by atoms with Gasteiger partial charge >= 0.3 is 6.03 Å². The summed E-state index contributed by atoms with van der Waals surface area (Å²) in [4.78, 5) is 24.1. The van der Waals surface area contributed by atoms with Gasteiger partial charge in [-0.25, -0.2) is 14.8 Å². The lowest BCUT2D eigenvalue weighted by Gasteiger charge is -2.19. The lowest BCUT2D eigenvalue weighted by Crippen LogP contribution is -2.34. The number of aromatic nitrogens is 2. The van der Waals surface area contributed by atoms with E-state index in [0.29, 0.717) is 13.1 Å². The predicted molar refractivity (Wildman–Crippen MR) is 124 cm³/mol. The Labute approximate surface area is 174 Å². The molecule has 5 heteroatoms. The zero-order chi connectivity index (χ0) is 20.7. The summed E-state index contributed by atoms with van der Waals surface area (Å²) in [5, 5.41) is 7.49. The minimum Gasteiger partial charge on any atom is -0.325 e. The third-order valence-electron chi connectivity index (χ3n) is 5.62. The van der Waals surface area contributed by atoms with Crippen LogP contribution < -0.4 is 5.32 Å². The predicted octanol–water partition coefficient (Wildman–Crippen LogP) is 5.96. The van der Waals surface area contributed by atoms with E-state index in [1.807, 2.05) is 44.2 Å². The van der Waals surface area contributed by atoms with E-state index in [4.69, 9.17) is 9.97 Å². The number of fused-ring (bicyclic) bond motifs is 7. The summed E-state index contributed by atoms with van der Waals surface area (Å²) in [7, 11) is 0. The van der Waals surface area contributed by atoms with Crippen LogP contribution in [0.15, 0.2) is 66.7 Å². The highest BCUT2D eigenvalue weighted by Crippen LogP contribution is 2.34. The first kappa shape index (κ1) is 18.3. The number of benzene rings is 4. The molecule has 0 bridgehead atoms. The van der Waals surface area contributed by atoms with E-state index in [9.17, 15) is 4.79 Å². The van der Waals surface area contributed by atoms with Crippen molar-refractivity contribution < 1.29 is 4.79 Å². The Balaban J connectivity index is 1.73. The van der Waals surface area contributed by atoms with Crippen LogP contribution in [0.4, 0.5) is 10.5 Å². The Bertz CT molecular complexity index is 1420. The number of hydrogen-bond donors (Lipinski definition) is 1. The Kier molecular flexibility index (Phi) is 4.43. The minimum absolute atomic E-state index is 0.107. The molecule has 30 heavy (non-hydrogen) atoms. The molecule has 0 atom stereocenters. The van der Waals surface area contributed by atoms with E-state index in [2.05, 4.69) is 41.7 Å². The van der Waals surface area contributed by atoms with Crippen molar-refractivity contribution in [2.45, 2.75) is 13.8 Å². The molecule has 2 amide bonds. The molecule has 1 heterocycles. The van der Waals surface area contributed by atoms with Gasteiger partial charge in [-0.1, -0.05) is 48.5 Å². The van der Waals surface area contributed by atoms with Gasteiger partial charge in [0.05, 0.1) is 22.1 Å². The number of nitrogens with zero attached hydrogens (tertiary/aromatic N) is 3. The Morgan fingerprint density at radius 2 is 1.30 bits per heavy atom. The molecule has 0 aliphatic carbocycles. The lowest BCUT2D eigenvalue weighted by atomic mass is 9.99. The van der Waals surface area contributed by atoms with Gasteiger partial charge in [-0.3, -0.25) is 0 Å². The molecule has 1 N–H and O–H groups in total. The van der Waals surface area contributed by atoms with Crippen LogP contribution in [0.1, 0.15) is 13.8 Å². The monoisotopic (exact) mass is 394 g/mol. The van der Waals surface area contributed by atoms with Gasteiger partial charge in [-0.05, 0) is 42.8 Å². The average Bonchev–Trinajstić information content (AvgIpc) is 2.79. The highest BCUT2D eigenvalue weighted by Gasteiger charge is 2.13. The van der Waals surface area contributed by atoms with Gasteiger partial charge in [0.1, 0.15) is 0 Å². The van der Waals surface area contributed by atoms with E-state index >= 15 is 0 Å². The van der Waals surface area contributed by atoms with Crippen LogP contribution in [-0.4, -0.2) is 34.0 Å². The number of carbonyl (C=O) groups excluding carboxylic acids is 1. The van der Waals surface area contributed by atoms with E-state index < -0.39 is 0 Å². The smallest absolute Gasteiger partial charge is 0.321 e. The zero-order valence-corrected chi connectivity index (χ0v) is 17.0. The molecule has 148 valence electrons. The van der Waals surface area contributed by atoms with Gasteiger partial charge in [-0.15, -0.1) is 0 Å². The van der Waals surface area contributed by atoms with Gasteiger partial charge < -0.3 is 10.2 Å². The van der Waals surface area contributed by atoms with Gasteiger partial charge in [0.25, 0.3) is 0 Å². The number of hydrogen-bond acceptors (Lipinski definition) is 3. The van der Waals surface area contributed by atoms with Gasteiger partial charge in [0, 0.05) is 29.5 Å². The molecule has 0 fully saturated rings. The molecular weight excluding hydrogens is 372 g/mol. The average molecular weight is 394 g/mol. The minimum atomic E-state index is -0.107. The fourth-order valence-corrected chi connectivity index (χ4v) is 4.07. The van der Waals surface area contributed by atoms with Gasteiger partial charge in [0.15, 0.2) is 0 Å². The molecule has 0 unspecified atom stereocenters. The number of rotatable bonds is 3. The highest BCUT2D eigenvalue weighted by atomic mass is 16.2. The maximum Gasteiger partial charge on any atom is 0.321 e. The molecule has 5 aromatic rings. The number of amides is 2. The van der Waals surface area contributed by atoms with Crippen molar-refractivity contribution in [3.8, 4) is 0 Å². The van der Waals surface area contributed by atoms with Gasteiger partial charge in [0.2, 0.25) is 0 Å². The van der Waals surface area contributed by atoms with Crippen LogP contribution in [0.5, 0.6) is 0 Å². The van der Waals surface area contributed by atoms with Crippen molar-refractivity contribution in [3.63, 3.8) is 0 Å². The molecule has 5 rings (SSSR count). The molecule has 0 spiro atoms. The van der Waals surface area contributed by atoms with Crippen LogP contribution in [-0.2, 0) is 0 Å². The molecule has 0 aliphatic heterocycles.